The molecule has 0 N–H and O–H groups in total. The lowest BCUT2D eigenvalue weighted by atomic mass is 9.90. The fourth-order valence-electron chi connectivity index (χ4n) is 4.29. The van der Waals surface area contributed by atoms with E-state index in [4.69, 9.17) is 0 Å². The second-order valence-corrected chi connectivity index (χ2v) is 9.72. The number of carbonyl (C=O) groups excluding carboxylic acids is 1. The van der Waals surface area contributed by atoms with Crippen molar-refractivity contribution in [2.24, 2.45) is 5.92 Å². The second-order valence-electron chi connectivity index (χ2n) is 8.41. The fourth-order valence-corrected chi connectivity index (χ4v) is 5.25. The molecule has 168 valence electrons. The molecule has 3 aromatic rings. The molecule has 32 heavy (non-hydrogen) atoms. The maximum absolute atomic E-state index is 13.2. The topological polar surface area (TPSA) is 63.9 Å². The molecule has 1 atom stereocenters. The summed E-state index contributed by atoms with van der Waals surface area (Å²) in [4.78, 5) is 19.3. The number of benzene rings is 1. The molecular weight excluding hydrogens is 418 g/mol. The molecule has 1 saturated heterocycles. The van der Waals surface area contributed by atoms with Gasteiger partial charge in [0.15, 0.2) is 11.0 Å². The van der Waals surface area contributed by atoms with Gasteiger partial charge in [0.05, 0.1) is 5.25 Å². The molecule has 0 radical (unpaired) electrons. The summed E-state index contributed by atoms with van der Waals surface area (Å²) in [6.45, 7) is 6.62. The van der Waals surface area contributed by atoms with Crippen molar-refractivity contribution in [2.45, 2.75) is 56.5 Å². The van der Waals surface area contributed by atoms with Crippen LogP contribution in [-0.2, 0) is 17.8 Å². The first-order valence-corrected chi connectivity index (χ1v) is 12.4. The Morgan fingerprint density at radius 3 is 2.50 bits per heavy atom. The van der Waals surface area contributed by atoms with Gasteiger partial charge in [-0.1, -0.05) is 49.0 Å². The van der Waals surface area contributed by atoms with E-state index in [1.54, 1.807) is 12.4 Å². The summed E-state index contributed by atoms with van der Waals surface area (Å²) in [6.07, 6.45) is 7.74. The van der Waals surface area contributed by atoms with Gasteiger partial charge in [-0.05, 0) is 56.2 Å². The zero-order chi connectivity index (χ0) is 22.3. The molecule has 0 bridgehead atoms. The summed E-state index contributed by atoms with van der Waals surface area (Å²) in [6, 6.07) is 14.5. The van der Waals surface area contributed by atoms with E-state index in [1.165, 1.54) is 17.3 Å². The third-order valence-corrected chi connectivity index (χ3v) is 7.09. The maximum atomic E-state index is 13.2. The zero-order valence-electron chi connectivity index (χ0n) is 18.9. The van der Waals surface area contributed by atoms with Crippen LogP contribution in [0.15, 0.2) is 60.0 Å². The van der Waals surface area contributed by atoms with Crippen LogP contribution in [0.2, 0.25) is 0 Å². The highest BCUT2D eigenvalue weighted by Crippen LogP contribution is 2.29. The van der Waals surface area contributed by atoms with E-state index in [9.17, 15) is 4.79 Å². The van der Waals surface area contributed by atoms with Crippen LogP contribution >= 0.6 is 11.8 Å². The molecule has 1 fully saturated rings. The van der Waals surface area contributed by atoms with Crippen molar-refractivity contribution in [1.82, 2.24) is 24.6 Å². The standard InChI is InChI=1S/C25H31N5OS/c1-3-15-30-23(22-9-13-26-14-10-22)27-28-25(30)32-19(2)24(31)29-16-11-21(12-17-29)18-20-7-5-4-6-8-20/h4-10,13-14,19,21H,3,11-12,15-18H2,1-2H3. The number of nitrogens with zero attached hydrogens (tertiary/aromatic N) is 5. The van der Waals surface area contributed by atoms with E-state index in [0.717, 1.165) is 61.9 Å². The summed E-state index contributed by atoms with van der Waals surface area (Å²) in [5, 5.41) is 9.46. The lowest BCUT2D eigenvalue weighted by molar-refractivity contribution is -0.131. The minimum Gasteiger partial charge on any atom is -0.342 e. The molecule has 0 saturated carbocycles. The van der Waals surface area contributed by atoms with E-state index in [1.807, 2.05) is 24.0 Å². The maximum Gasteiger partial charge on any atom is 0.235 e. The first kappa shape index (κ1) is 22.5. The fraction of sp³-hybridized carbons (Fsp3) is 0.440. The minimum atomic E-state index is -0.189. The Hall–Kier alpha value is -2.67. The van der Waals surface area contributed by atoms with E-state index < -0.39 is 0 Å². The van der Waals surface area contributed by atoms with Gasteiger partial charge in [0.2, 0.25) is 5.91 Å². The molecule has 1 amide bonds. The molecule has 1 aliphatic rings. The number of carbonyl (C=O) groups is 1. The van der Waals surface area contributed by atoms with Gasteiger partial charge in [-0.2, -0.15) is 0 Å². The van der Waals surface area contributed by atoms with E-state index in [2.05, 4.69) is 57.0 Å². The highest BCUT2D eigenvalue weighted by molar-refractivity contribution is 8.00. The van der Waals surface area contributed by atoms with Crippen LogP contribution in [0, 0.1) is 5.92 Å². The second kappa shape index (κ2) is 10.8. The average molecular weight is 450 g/mol. The summed E-state index contributed by atoms with van der Waals surface area (Å²) in [5.41, 5.74) is 2.38. The Morgan fingerprint density at radius 2 is 1.81 bits per heavy atom. The number of piperidine rings is 1. The smallest absolute Gasteiger partial charge is 0.235 e. The quantitative estimate of drug-likeness (QED) is 0.466. The highest BCUT2D eigenvalue weighted by atomic mass is 32.2. The van der Waals surface area contributed by atoms with Crippen LogP contribution in [0.1, 0.15) is 38.7 Å². The number of pyridine rings is 1. The van der Waals surface area contributed by atoms with Crippen LogP contribution in [-0.4, -0.2) is 48.9 Å². The van der Waals surface area contributed by atoms with E-state index in [0.29, 0.717) is 5.92 Å². The lowest BCUT2D eigenvalue weighted by Crippen LogP contribution is -2.42. The van der Waals surface area contributed by atoms with Gasteiger partial charge in [0.1, 0.15) is 0 Å². The molecule has 4 rings (SSSR count). The van der Waals surface area contributed by atoms with Crippen LogP contribution in [0.3, 0.4) is 0 Å². The molecule has 1 aromatic carbocycles. The summed E-state index contributed by atoms with van der Waals surface area (Å²) >= 11 is 1.51. The minimum absolute atomic E-state index is 0.189. The van der Waals surface area contributed by atoms with Crippen molar-refractivity contribution in [3.63, 3.8) is 0 Å². The van der Waals surface area contributed by atoms with Crippen molar-refractivity contribution in [3.05, 3.63) is 60.4 Å². The van der Waals surface area contributed by atoms with Gasteiger partial charge in [0, 0.05) is 37.6 Å². The van der Waals surface area contributed by atoms with E-state index >= 15 is 0 Å². The van der Waals surface area contributed by atoms with E-state index in [-0.39, 0.29) is 11.2 Å². The van der Waals surface area contributed by atoms with Gasteiger partial charge in [0.25, 0.3) is 0 Å². The van der Waals surface area contributed by atoms with Crippen LogP contribution in [0.5, 0.6) is 0 Å². The number of rotatable bonds is 8. The largest absolute Gasteiger partial charge is 0.342 e. The molecule has 7 heteroatoms. The van der Waals surface area contributed by atoms with Gasteiger partial charge < -0.3 is 9.47 Å². The molecule has 6 nitrogen and oxygen atoms in total. The van der Waals surface area contributed by atoms with Crippen LogP contribution < -0.4 is 0 Å². The van der Waals surface area contributed by atoms with Gasteiger partial charge in [-0.15, -0.1) is 10.2 Å². The molecular formula is C25H31N5OS. The normalized spacial score (nSPS) is 15.6. The van der Waals surface area contributed by atoms with Crippen LogP contribution in [0.25, 0.3) is 11.4 Å². The molecule has 1 unspecified atom stereocenters. The molecule has 0 spiro atoms. The first-order chi connectivity index (χ1) is 15.7. The third kappa shape index (κ3) is 5.38. The SMILES string of the molecule is CCCn1c(SC(C)C(=O)N2CCC(Cc3ccccc3)CC2)nnc1-c1ccncc1. The molecule has 0 aliphatic carbocycles. The number of aromatic nitrogens is 4. The Kier molecular flexibility index (Phi) is 7.58. The number of hydrogen-bond donors (Lipinski definition) is 0. The Morgan fingerprint density at radius 1 is 1.09 bits per heavy atom. The first-order valence-electron chi connectivity index (χ1n) is 11.5. The number of amides is 1. The third-order valence-electron chi connectivity index (χ3n) is 6.03. The zero-order valence-corrected chi connectivity index (χ0v) is 19.7. The van der Waals surface area contributed by atoms with Crippen molar-refractivity contribution < 1.29 is 4.79 Å². The predicted octanol–water partition coefficient (Wildman–Crippen LogP) is 4.71. The van der Waals surface area contributed by atoms with Crippen molar-refractivity contribution in [3.8, 4) is 11.4 Å². The number of thioether (sulfide) groups is 1. The summed E-state index contributed by atoms with van der Waals surface area (Å²) in [5.74, 6) is 1.68. The Bertz CT molecular complexity index is 1000. The molecule has 2 aromatic heterocycles. The Balaban J connectivity index is 1.36. The van der Waals surface area contributed by atoms with Crippen LogP contribution in [0.4, 0.5) is 0 Å². The molecule has 3 heterocycles. The average Bonchev–Trinajstić information content (AvgIpc) is 3.22. The number of likely N-dealkylation sites (tertiary alicyclic amines) is 1. The van der Waals surface area contributed by atoms with Gasteiger partial charge in [-0.3, -0.25) is 9.78 Å². The van der Waals surface area contributed by atoms with Crippen molar-refractivity contribution in [2.75, 3.05) is 13.1 Å². The monoisotopic (exact) mass is 449 g/mol. The Labute approximate surface area is 194 Å². The summed E-state index contributed by atoms with van der Waals surface area (Å²) in [7, 11) is 0. The van der Waals surface area contributed by atoms with Gasteiger partial charge >= 0.3 is 0 Å². The lowest BCUT2D eigenvalue weighted by Gasteiger charge is -2.33. The van der Waals surface area contributed by atoms with Crippen molar-refractivity contribution in [1.29, 1.82) is 0 Å². The predicted molar refractivity (Wildman–Crippen MR) is 128 cm³/mol. The van der Waals surface area contributed by atoms with Crippen molar-refractivity contribution >= 4 is 17.7 Å². The highest BCUT2D eigenvalue weighted by Gasteiger charge is 2.28. The summed E-state index contributed by atoms with van der Waals surface area (Å²) < 4.78 is 2.12. The van der Waals surface area contributed by atoms with Gasteiger partial charge in [-0.25, -0.2) is 0 Å². The number of hydrogen-bond acceptors (Lipinski definition) is 5. The molecule has 1 aliphatic heterocycles.